The molecule has 0 spiro atoms. The van der Waals surface area contributed by atoms with Crippen molar-refractivity contribution in [2.75, 3.05) is 6.61 Å². The molecular formula is C18H23N3O6S. The van der Waals surface area contributed by atoms with Crippen molar-refractivity contribution in [1.82, 2.24) is 15.8 Å². The van der Waals surface area contributed by atoms with Crippen LogP contribution in [0, 0.1) is 13.8 Å². The molecule has 0 saturated carbocycles. The SMILES string of the molecule is CCC1(C)NC(=O)N(NC(=O)COC(=O)CCC(=O)c2cc(C)sc2C)C1=O. The predicted octanol–water partition coefficient (Wildman–Crippen LogP) is 1.62. The Bertz CT molecular complexity index is 833. The van der Waals surface area contributed by atoms with Gasteiger partial charge in [0.1, 0.15) is 5.54 Å². The number of nitrogens with zero attached hydrogens (tertiary/aromatic N) is 1. The minimum Gasteiger partial charge on any atom is -0.455 e. The van der Waals surface area contributed by atoms with E-state index in [0.717, 1.165) is 9.75 Å². The molecular weight excluding hydrogens is 386 g/mol. The van der Waals surface area contributed by atoms with Crippen molar-refractivity contribution in [3.8, 4) is 0 Å². The zero-order chi connectivity index (χ0) is 21.1. The van der Waals surface area contributed by atoms with Gasteiger partial charge in [0.2, 0.25) is 0 Å². The summed E-state index contributed by atoms with van der Waals surface area (Å²) in [5.41, 5.74) is 1.62. The van der Waals surface area contributed by atoms with Crippen LogP contribution >= 0.6 is 11.3 Å². The molecule has 1 aromatic heterocycles. The average molecular weight is 409 g/mol. The summed E-state index contributed by atoms with van der Waals surface area (Å²) in [6.07, 6.45) is 0.160. The predicted molar refractivity (Wildman–Crippen MR) is 101 cm³/mol. The van der Waals surface area contributed by atoms with Crippen LogP contribution in [0.1, 0.15) is 53.2 Å². The highest BCUT2D eigenvalue weighted by molar-refractivity contribution is 7.12. The summed E-state index contributed by atoms with van der Waals surface area (Å²) < 4.78 is 4.81. The second-order valence-corrected chi connectivity index (χ2v) is 8.16. The summed E-state index contributed by atoms with van der Waals surface area (Å²) in [6, 6.07) is 1.03. The zero-order valence-electron chi connectivity index (χ0n) is 16.2. The van der Waals surface area contributed by atoms with Crippen LogP contribution in [0.4, 0.5) is 4.79 Å². The third-order valence-electron chi connectivity index (χ3n) is 4.47. The fourth-order valence-electron chi connectivity index (χ4n) is 2.66. The highest BCUT2D eigenvalue weighted by atomic mass is 32.1. The highest BCUT2D eigenvalue weighted by Gasteiger charge is 2.47. The summed E-state index contributed by atoms with van der Waals surface area (Å²) in [7, 11) is 0. The monoisotopic (exact) mass is 409 g/mol. The maximum absolute atomic E-state index is 12.2. The Kier molecular flexibility index (Phi) is 6.55. The molecule has 9 nitrogen and oxygen atoms in total. The van der Waals surface area contributed by atoms with Crippen molar-refractivity contribution in [2.24, 2.45) is 0 Å². The molecule has 1 aromatic rings. The van der Waals surface area contributed by atoms with Crippen molar-refractivity contribution < 1.29 is 28.7 Å². The fraction of sp³-hybridized carbons (Fsp3) is 0.500. The number of ether oxygens (including phenoxy) is 1. The lowest BCUT2D eigenvalue weighted by atomic mass is 10.00. The number of carbonyl (C=O) groups is 5. The van der Waals surface area contributed by atoms with E-state index in [1.54, 1.807) is 19.9 Å². The van der Waals surface area contributed by atoms with Gasteiger partial charge in [-0.3, -0.25) is 24.6 Å². The minimum absolute atomic E-state index is 0.0284. The lowest BCUT2D eigenvalue weighted by Crippen LogP contribution is -2.49. The standard InChI is InChI=1S/C18H23N3O6S/c1-5-18(4)16(25)21(17(26)19-18)20-14(23)9-27-15(24)7-6-13(22)12-8-10(2)28-11(12)3/h8H,5-7,9H2,1-4H3,(H,19,26)(H,20,23). The van der Waals surface area contributed by atoms with Crippen LogP contribution in [0.2, 0.25) is 0 Å². The van der Waals surface area contributed by atoms with Gasteiger partial charge in [0.15, 0.2) is 12.4 Å². The molecule has 2 N–H and O–H groups in total. The molecule has 1 atom stereocenters. The van der Waals surface area contributed by atoms with Gasteiger partial charge < -0.3 is 10.1 Å². The van der Waals surface area contributed by atoms with E-state index in [0.29, 0.717) is 17.0 Å². The Morgan fingerprint density at radius 2 is 1.93 bits per heavy atom. The molecule has 1 aliphatic heterocycles. The number of urea groups is 1. The van der Waals surface area contributed by atoms with Crippen molar-refractivity contribution in [1.29, 1.82) is 0 Å². The first-order chi connectivity index (χ1) is 13.1. The molecule has 1 unspecified atom stereocenters. The Morgan fingerprint density at radius 3 is 2.46 bits per heavy atom. The van der Waals surface area contributed by atoms with E-state index in [1.165, 1.54) is 11.3 Å². The molecule has 0 bridgehead atoms. The van der Waals surface area contributed by atoms with Crippen LogP contribution in [0.5, 0.6) is 0 Å². The van der Waals surface area contributed by atoms with Crippen LogP contribution in [0.25, 0.3) is 0 Å². The smallest absolute Gasteiger partial charge is 0.344 e. The Balaban J connectivity index is 1.77. The number of carbonyl (C=O) groups excluding carboxylic acids is 5. The molecule has 2 rings (SSSR count). The maximum atomic E-state index is 12.2. The second-order valence-electron chi connectivity index (χ2n) is 6.70. The second kappa shape index (κ2) is 8.51. The number of amides is 4. The molecule has 0 aromatic carbocycles. The lowest BCUT2D eigenvalue weighted by Gasteiger charge is -2.19. The maximum Gasteiger partial charge on any atom is 0.344 e. The third-order valence-corrected chi connectivity index (χ3v) is 5.43. The molecule has 152 valence electrons. The Labute approximate surface area is 166 Å². The number of thiophene rings is 1. The number of ketones is 1. The molecule has 2 heterocycles. The van der Waals surface area contributed by atoms with E-state index in [1.807, 2.05) is 13.8 Å². The van der Waals surface area contributed by atoms with E-state index < -0.39 is 36.0 Å². The fourth-order valence-corrected chi connectivity index (χ4v) is 3.60. The van der Waals surface area contributed by atoms with E-state index >= 15 is 0 Å². The summed E-state index contributed by atoms with van der Waals surface area (Å²) in [5.74, 6) is -2.30. The van der Waals surface area contributed by atoms with E-state index in [2.05, 4.69) is 10.7 Å². The van der Waals surface area contributed by atoms with Gasteiger partial charge >= 0.3 is 12.0 Å². The van der Waals surface area contributed by atoms with Crippen molar-refractivity contribution >= 4 is 40.9 Å². The molecule has 1 aliphatic rings. The molecule has 28 heavy (non-hydrogen) atoms. The number of hydrogen-bond donors (Lipinski definition) is 2. The van der Waals surface area contributed by atoms with Crippen molar-refractivity contribution in [3.63, 3.8) is 0 Å². The van der Waals surface area contributed by atoms with Gasteiger partial charge in [-0.15, -0.1) is 11.3 Å². The van der Waals surface area contributed by atoms with Gasteiger partial charge in [-0.1, -0.05) is 6.92 Å². The van der Waals surface area contributed by atoms with E-state index in [-0.39, 0.29) is 18.6 Å². The largest absolute Gasteiger partial charge is 0.455 e. The summed E-state index contributed by atoms with van der Waals surface area (Å²) in [6.45, 7) is 6.35. The number of imide groups is 1. The number of rotatable bonds is 8. The van der Waals surface area contributed by atoms with Gasteiger partial charge in [-0.05, 0) is 33.3 Å². The first kappa shape index (κ1) is 21.5. The molecule has 0 aliphatic carbocycles. The van der Waals surface area contributed by atoms with Crippen LogP contribution in [0.15, 0.2) is 6.07 Å². The topological polar surface area (TPSA) is 122 Å². The molecule has 4 amide bonds. The number of nitrogens with one attached hydrogen (secondary N) is 2. The van der Waals surface area contributed by atoms with E-state index in [9.17, 15) is 24.0 Å². The number of Topliss-reactive ketones (excluding diaryl/α,β-unsaturated/α-hetero) is 1. The third kappa shape index (κ3) is 4.75. The Morgan fingerprint density at radius 1 is 1.25 bits per heavy atom. The van der Waals surface area contributed by atoms with Gasteiger partial charge in [-0.25, -0.2) is 4.79 Å². The minimum atomic E-state index is -1.08. The van der Waals surface area contributed by atoms with Gasteiger partial charge in [0, 0.05) is 21.7 Å². The zero-order valence-corrected chi connectivity index (χ0v) is 17.0. The quantitative estimate of drug-likeness (QED) is 0.382. The average Bonchev–Trinajstić information content (AvgIpc) is 3.09. The Hall–Kier alpha value is -2.75. The van der Waals surface area contributed by atoms with Gasteiger partial charge in [0.25, 0.3) is 11.8 Å². The molecule has 10 heteroatoms. The van der Waals surface area contributed by atoms with Crippen molar-refractivity contribution in [2.45, 2.75) is 52.5 Å². The van der Waals surface area contributed by atoms with Crippen LogP contribution in [-0.4, -0.2) is 46.8 Å². The summed E-state index contributed by atoms with van der Waals surface area (Å²) >= 11 is 1.51. The van der Waals surface area contributed by atoms with Crippen LogP contribution in [-0.2, 0) is 19.1 Å². The number of aryl methyl sites for hydroxylation is 2. The molecule has 1 saturated heterocycles. The normalized spacial score (nSPS) is 18.8. The summed E-state index contributed by atoms with van der Waals surface area (Å²) in [5, 5.41) is 3.06. The van der Waals surface area contributed by atoms with Crippen molar-refractivity contribution in [3.05, 3.63) is 21.4 Å². The highest BCUT2D eigenvalue weighted by Crippen LogP contribution is 2.22. The number of hydrogen-bond acceptors (Lipinski definition) is 7. The van der Waals surface area contributed by atoms with Crippen LogP contribution in [0.3, 0.4) is 0 Å². The molecule has 1 fully saturated rings. The lowest BCUT2D eigenvalue weighted by molar-refractivity contribution is -0.150. The van der Waals surface area contributed by atoms with Crippen LogP contribution < -0.4 is 10.7 Å². The summed E-state index contributed by atoms with van der Waals surface area (Å²) in [4.78, 5) is 61.7. The number of esters is 1. The first-order valence-corrected chi connectivity index (χ1v) is 9.61. The van der Waals surface area contributed by atoms with Gasteiger partial charge in [0.05, 0.1) is 6.42 Å². The van der Waals surface area contributed by atoms with Gasteiger partial charge in [-0.2, -0.15) is 5.01 Å². The van der Waals surface area contributed by atoms with E-state index in [4.69, 9.17) is 4.74 Å². The molecule has 0 radical (unpaired) electrons. The first-order valence-electron chi connectivity index (χ1n) is 8.79. The number of hydrazine groups is 1.